The Hall–Kier alpha value is -2.02. The lowest BCUT2D eigenvalue weighted by Crippen LogP contribution is -2.28. The van der Waals surface area contributed by atoms with Gasteiger partial charge in [-0.15, -0.1) is 0 Å². The molecule has 0 aliphatic heterocycles. The summed E-state index contributed by atoms with van der Waals surface area (Å²) in [4.78, 5) is 32.7. The SMILES string of the molecule is CCOC(=O)C(C=Nc1ccc(F)cc1)C(=O)c1cnc(Cl)c(Cl)c1Cl. The predicted octanol–water partition coefficient (Wildman–Crippen LogP) is 4.95. The predicted molar refractivity (Wildman–Crippen MR) is 98.3 cm³/mol. The van der Waals surface area contributed by atoms with Gasteiger partial charge in [-0.2, -0.15) is 0 Å². The quantitative estimate of drug-likeness (QED) is 0.219. The van der Waals surface area contributed by atoms with Gasteiger partial charge in [0, 0.05) is 12.4 Å². The molecule has 0 aliphatic rings. The number of rotatable bonds is 6. The Bertz CT molecular complexity index is 857. The van der Waals surface area contributed by atoms with Crippen LogP contribution in [0, 0.1) is 11.7 Å². The summed E-state index contributed by atoms with van der Waals surface area (Å²) in [5.41, 5.74) is 0.261. The van der Waals surface area contributed by atoms with Crippen molar-refractivity contribution >= 4 is 58.5 Å². The number of halogens is 4. The minimum Gasteiger partial charge on any atom is -0.465 e. The van der Waals surface area contributed by atoms with Crippen molar-refractivity contribution in [2.75, 3.05) is 6.61 Å². The van der Waals surface area contributed by atoms with Gasteiger partial charge < -0.3 is 4.74 Å². The number of esters is 1. The van der Waals surface area contributed by atoms with Crippen LogP contribution in [0.4, 0.5) is 10.1 Å². The molecule has 2 rings (SSSR count). The van der Waals surface area contributed by atoms with Crippen molar-refractivity contribution in [1.82, 2.24) is 4.98 Å². The lowest BCUT2D eigenvalue weighted by Gasteiger charge is -2.12. The van der Waals surface area contributed by atoms with Crippen LogP contribution in [0.1, 0.15) is 17.3 Å². The summed E-state index contributed by atoms with van der Waals surface area (Å²) in [6.07, 6.45) is 2.23. The Labute approximate surface area is 163 Å². The van der Waals surface area contributed by atoms with Gasteiger partial charge in [-0.3, -0.25) is 14.6 Å². The van der Waals surface area contributed by atoms with Crippen LogP contribution >= 0.6 is 34.8 Å². The molecule has 0 amide bonds. The van der Waals surface area contributed by atoms with E-state index in [-0.39, 0.29) is 27.4 Å². The zero-order valence-electron chi connectivity index (χ0n) is 13.4. The molecule has 2 aromatic rings. The van der Waals surface area contributed by atoms with E-state index < -0.39 is 23.5 Å². The molecule has 5 nitrogen and oxygen atoms in total. The van der Waals surface area contributed by atoms with Crippen LogP contribution < -0.4 is 0 Å². The summed E-state index contributed by atoms with van der Waals surface area (Å²) >= 11 is 17.7. The van der Waals surface area contributed by atoms with Crippen molar-refractivity contribution in [2.24, 2.45) is 10.9 Å². The van der Waals surface area contributed by atoms with E-state index in [9.17, 15) is 14.0 Å². The molecular formula is C17H12Cl3FN2O3. The van der Waals surface area contributed by atoms with Crippen LogP contribution in [-0.2, 0) is 9.53 Å². The van der Waals surface area contributed by atoms with Gasteiger partial charge in [0.1, 0.15) is 11.0 Å². The number of hydrogen-bond donors (Lipinski definition) is 0. The molecule has 0 bridgehead atoms. The summed E-state index contributed by atoms with van der Waals surface area (Å²) in [5.74, 6) is -3.33. The number of pyridine rings is 1. The first-order valence-electron chi connectivity index (χ1n) is 7.35. The van der Waals surface area contributed by atoms with Crippen LogP contribution in [0.5, 0.6) is 0 Å². The largest absolute Gasteiger partial charge is 0.465 e. The Morgan fingerprint density at radius 1 is 1.23 bits per heavy atom. The lowest BCUT2D eigenvalue weighted by atomic mass is 10.00. The highest BCUT2D eigenvalue weighted by atomic mass is 35.5. The highest BCUT2D eigenvalue weighted by Crippen LogP contribution is 2.32. The normalized spacial score (nSPS) is 12.2. The fourth-order valence-electron chi connectivity index (χ4n) is 1.94. The molecule has 1 aromatic carbocycles. The molecule has 1 unspecified atom stereocenters. The van der Waals surface area contributed by atoms with Gasteiger partial charge in [0.2, 0.25) is 0 Å². The standard InChI is InChI=1S/C17H12Cl3FN2O3/c1-2-26-17(25)12(8-22-10-5-3-9(21)4-6-10)15(24)11-7-23-16(20)14(19)13(11)18/h3-8,12H,2H2,1H3. The minimum atomic E-state index is -1.38. The van der Waals surface area contributed by atoms with E-state index in [0.717, 1.165) is 12.4 Å². The first kappa shape index (κ1) is 20.3. The fraction of sp³-hybridized carbons (Fsp3) is 0.176. The monoisotopic (exact) mass is 416 g/mol. The molecule has 1 aromatic heterocycles. The molecule has 0 N–H and O–H groups in total. The van der Waals surface area contributed by atoms with E-state index in [4.69, 9.17) is 39.5 Å². The Morgan fingerprint density at radius 3 is 2.50 bits per heavy atom. The minimum absolute atomic E-state index is 0.0686. The lowest BCUT2D eigenvalue weighted by molar-refractivity contribution is -0.143. The third-order valence-electron chi connectivity index (χ3n) is 3.21. The van der Waals surface area contributed by atoms with Crippen LogP contribution in [0.25, 0.3) is 0 Å². The third-order valence-corrected chi connectivity index (χ3v) is 4.45. The number of carbonyl (C=O) groups is 2. The molecule has 0 aliphatic carbocycles. The van der Waals surface area contributed by atoms with Gasteiger partial charge in [0.05, 0.1) is 27.9 Å². The molecule has 0 radical (unpaired) electrons. The topological polar surface area (TPSA) is 68.6 Å². The van der Waals surface area contributed by atoms with Gasteiger partial charge in [-0.25, -0.2) is 9.37 Å². The van der Waals surface area contributed by atoms with Gasteiger partial charge >= 0.3 is 5.97 Å². The first-order chi connectivity index (χ1) is 12.3. The summed E-state index contributed by atoms with van der Waals surface area (Å²) in [7, 11) is 0. The number of aromatic nitrogens is 1. The number of ketones is 1. The van der Waals surface area contributed by atoms with Crippen LogP contribution in [0.3, 0.4) is 0 Å². The molecule has 136 valence electrons. The van der Waals surface area contributed by atoms with Crippen molar-refractivity contribution in [2.45, 2.75) is 6.92 Å². The van der Waals surface area contributed by atoms with E-state index in [2.05, 4.69) is 9.98 Å². The second-order valence-corrected chi connectivity index (χ2v) is 6.05. The van der Waals surface area contributed by atoms with E-state index in [1.54, 1.807) is 6.92 Å². The first-order valence-corrected chi connectivity index (χ1v) is 8.48. The number of Topliss-reactive ketones (excluding diaryl/α,β-unsaturated/α-hetero) is 1. The second-order valence-electron chi connectivity index (χ2n) is 4.94. The second kappa shape index (κ2) is 9.07. The van der Waals surface area contributed by atoms with Gasteiger partial charge in [0.15, 0.2) is 11.7 Å². The molecule has 1 heterocycles. The number of hydrogen-bond acceptors (Lipinski definition) is 5. The van der Waals surface area contributed by atoms with Crippen molar-refractivity contribution in [3.8, 4) is 0 Å². The Kier molecular flexibility index (Phi) is 7.08. The van der Waals surface area contributed by atoms with Gasteiger partial charge in [0.25, 0.3) is 0 Å². The van der Waals surface area contributed by atoms with Crippen molar-refractivity contribution in [3.63, 3.8) is 0 Å². The molecule has 26 heavy (non-hydrogen) atoms. The summed E-state index contributed by atoms with van der Waals surface area (Å²) in [6, 6.07) is 5.19. The summed E-state index contributed by atoms with van der Waals surface area (Å²) < 4.78 is 17.9. The van der Waals surface area contributed by atoms with Crippen molar-refractivity contribution < 1.29 is 18.7 Å². The number of ether oxygens (including phenoxy) is 1. The molecule has 9 heteroatoms. The van der Waals surface area contributed by atoms with E-state index >= 15 is 0 Å². The zero-order valence-corrected chi connectivity index (χ0v) is 15.6. The summed E-state index contributed by atoms with van der Waals surface area (Å²) in [6.45, 7) is 1.67. The molecule has 0 fully saturated rings. The Balaban J connectivity index is 2.38. The highest BCUT2D eigenvalue weighted by molar-refractivity contribution is 6.49. The van der Waals surface area contributed by atoms with E-state index in [1.165, 1.54) is 24.3 Å². The van der Waals surface area contributed by atoms with Crippen molar-refractivity contribution in [1.29, 1.82) is 0 Å². The Morgan fingerprint density at radius 2 is 1.88 bits per heavy atom. The van der Waals surface area contributed by atoms with Crippen LogP contribution in [-0.4, -0.2) is 29.6 Å². The molecule has 1 atom stereocenters. The molecule has 0 saturated heterocycles. The van der Waals surface area contributed by atoms with Crippen molar-refractivity contribution in [3.05, 3.63) is 57.0 Å². The molecular weight excluding hydrogens is 406 g/mol. The smallest absolute Gasteiger partial charge is 0.322 e. The average molecular weight is 418 g/mol. The maximum atomic E-state index is 13.0. The fourth-order valence-corrected chi connectivity index (χ4v) is 2.51. The summed E-state index contributed by atoms with van der Waals surface area (Å²) in [5, 5.41) is -0.292. The van der Waals surface area contributed by atoms with E-state index in [0.29, 0.717) is 5.69 Å². The maximum absolute atomic E-state index is 13.0. The number of carbonyl (C=O) groups excluding carboxylic acids is 2. The maximum Gasteiger partial charge on any atom is 0.322 e. The van der Waals surface area contributed by atoms with Gasteiger partial charge in [-0.1, -0.05) is 34.8 Å². The van der Waals surface area contributed by atoms with Crippen LogP contribution in [0.2, 0.25) is 15.2 Å². The average Bonchev–Trinajstić information content (AvgIpc) is 2.61. The molecule has 0 saturated carbocycles. The number of nitrogens with zero attached hydrogens (tertiary/aromatic N) is 2. The number of benzene rings is 1. The van der Waals surface area contributed by atoms with E-state index in [1.807, 2.05) is 0 Å². The molecule has 0 spiro atoms. The number of aliphatic imine (C=N–C) groups is 1. The third kappa shape index (κ3) is 4.78. The van der Waals surface area contributed by atoms with Crippen LogP contribution in [0.15, 0.2) is 35.5 Å². The van der Waals surface area contributed by atoms with Gasteiger partial charge in [-0.05, 0) is 31.2 Å². The zero-order chi connectivity index (χ0) is 19.3. The highest BCUT2D eigenvalue weighted by Gasteiger charge is 2.30.